The zero-order valence-electron chi connectivity index (χ0n) is 21.8. The van der Waals surface area contributed by atoms with Crippen molar-refractivity contribution in [1.82, 2.24) is 4.90 Å². The van der Waals surface area contributed by atoms with Crippen LogP contribution in [0, 0.1) is 5.82 Å². The molecule has 1 fully saturated rings. The highest BCUT2D eigenvalue weighted by atomic mass is 35.5. The Morgan fingerprint density at radius 1 is 1.02 bits per heavy atom. The predicted molar refractivity (Wildman–Crippen MR) is 150 cm³/mol. The molecule has 40 heavy (non-hydrogen) atoms. The van der Waals surface area contributed by atoms with E-state index in [0.717, 1.165) is 12.3 Å². The lowest BCUT2D eigenvalue weighted by Crippen LogP contribution is -2.57. The van der Waals surface area contributed by atoms with Crippen molar-refractivity contribution in [3.05, 3.63) is 99.3 Å². The number of carbonyl (C=O) groups excluding carboxylic acids is 1. The summed E-state index contributed by atoms with van der Waals surface area (Å²) in [5.41, 5.74) is 1.32. The molecule has 3 aromatic rings. The average molecular weight is 609 g/mol. The van der Waals surface area contributed by atoms with Gasteiger partial charge in [-0.2, -0.15) is 0 Å². The highest BCUT2D eigenvalue weighted by Gasteiger charge is 2.48. The fourth-order valence-electron chi connectivity index (χ4n) is 4.93. The van der Waals surface area contributed by atoms with E-state index in [1.165, 1.54) is 17.0 Å². The molecule has 3 aromatic carbocycles. The molecule has 4 rings (SSSR count). The number of rotatable bonds is 9. The van der Waals surface area contributed by atoms with Gasteiger partial charge in [0.1, 0.15) is 24.1 Å². The molecule has 0 unspecified atom stereocenters. The molecule has 0 aromatic heterocycles. The quantitative estimate of drug-likeness (QED) is 0.318. The number of hydrogen-bond acceptors (Lipinski definition) is 5. The topological polar surface area (TPSA) is 101 Å². The molecule has 7 nitrogen and oxygen atoms in total. The van der Waals surface area contributed by atoms with Crippen LogP contribution in [0.1, 0.15) is 48.6 Å². The third-order valence-corrected chi connectivity index (χ3v) is 8.49. The van der Waals surface area contributed by atoms with Gasteiger partial charge in [0.25, 0.3) is 5.91 Å². The van der Waals surface area contributed by atoms with Crippen molar-refractivity contribution in [2.45, 2.75) is 55.4 Å². The van der Waals surface area contributed by atoms with E-state index in [9.17, 15) is 23.1 Å². The Bertz CT molecular complexity index is 1500. The number of carboxylic acid groups (broad SMARTS) is 1. The Morgan fingerprint density at radius 2 is 1.60 bits per heavy atom. The second-order valence-corrected chi connectivity index (χ2v) is 12.6. The van der Waals surface area contributed by atoms with Crippen molar-refractivity contribution in [3.8, 4) is 0 Å². The summed E-state index contributed by atoms with van der Waals surface area (Å²) in [5.74, 6) is -2.59. The van der Waals surface area contributed by atoms with E-state index in [0.29, 0.717) is 27.6 Å². The number of nitrogens with zero attached hydrogens (tertiary/aromatic N) is 1. The Hall–Kier alpha value is -2.98. The van der Waals surface area contributed by atoms with Crippen LogP contribution in [0.25, 0.3) is 0 Å². The number of benzene rings is 3. The first-order chi connectivity index (χ1) is 18.9. The summed E-state index contributed by atoms with van der Waals surface area (Å²) >= 11 is 12.2. The maximum Gasteiger partial charge on any atom is 0.326 e. The molecule has 0 saturated carbocycles. The third-order valence-electron chi connectivity index (χ3n) is 6.88. The summed E-state index contributed by atoms with van der Waals surface area (Å²) in [4.78, 5) is 27.7. The summed E-state index contributed by atoms with van der Waals surface area (Å²) < 4.78 is 45.2. The number of halogens is 3. The summed E-state index contributed by atoms with van der Waals surface area (Å²) in [5, 5.41) is 11.2. The first-order valence-electron chi connectivity index (χ1n) is 12.6. The van der Waals surface area contributed by atoms with Gasteiger partial charge in [-0.05, 0) is 59.5 Å². The third kappa shape index (κ3) is 6.49. The summed E-state index contributed by atoms with van der Waals surface area (Å²) in [6, 6.07) is 15.0. The standard InChI is InChI=1S/C29H28Cl2FNO6S/c1-3-4-24(29(35)36)33-26(17-5-10-20(30)11-6-17)27(18-7-12-21(31)13-8-18)39-25(28(33)34)15-19-9-14-22(16-23(19)32)40(2,37)38/h5-14,16,24-27H,3-4,15H2,1-2H3,(H,35,36)/t24-,25+,26-,27+/m0/s1. The monoisotopic (exact) mass is 607 g/mol. The molecule has 212 valence electrons. The minimum Gasteiger partial charge on any atom is -0.480 e. The largest absolute Gasteiger partial charge is 0.480 e. The van der Waals surface area contributed by atoms with Gasteiger partial charge >= 0.3 is 5.97 Å². The van der Waals surface area contributed by atoms with Crippen molar-refractivity contribution in [1.29, 1.82) is 0 Å². The van der Waals surface area contributed by atoms with Gasteiger partial charge < -0.3 is 14.7 Å². The molecule has 0 aliphatic carbocycles. The minimum absolute atomic E-state index is 0.0628. The number of aliphatic carboxylic acids is 1. The second-order valence-electron chi connectivity index (χ2n) is 9.71. The van der Waals surface area contributed by atoms with Crippen molar-refractivity contribution in [2.75, 3.05) is 6.26 Å². The molecular weight excluding hydrogens is 580 g/mol. The zero-order chi connectivity index (χ0) is 29.2. The van der Waals surface area contributed by atoms with Gasteiger partial charge in [-0.15, -0.1) is 0 Å². The Kier molecular flexibility index (Phi) is 9.19. The Balaban J connectivity index is 1.85. The van der Waals surface area contributed by atoms with Crippen LogP contribution >= 0.6 is 23.2 Å². The second kappa shape index (κ2) is 12.3. The van der Waals surface area contributed by atoms with Crippen molar-refractivity contribution < 1.29 is 32.2 Å². The molecule has 0 radical (unpaired) electrons. The number of carboxylic acids is 1. The highest BCUT2D eigenvalue weighted by molar-refractivity contribution is 7.90. The first-order valence-corrected chi connectivity index (χ1v) is 15.2. The van der Waals surface area contributed by atoms with E-state index in [1.807, 2.05) is 6.92 Å². The maximum absolute atomic E-state index is 15.0. The SMILES string of the molecule is CCC[C@@H](C(=O)O)N1C(=O)[C@@H](Cc2ccc(S(C)(=O)=O)cc2F)O[C@H](c2ccc(Cl)cc2)[C@@H]1c1ccc(Cl)cc1. The van der Waals surface area contributed by atoms with Crippen LogP contribution < -0.4 is 0 Å². The molecule has 1 aliphatic rings. The number of amides is 1. The number of sulfone groups is 1. The Morgan fingerprint density at radius 3 is 2.10 bits per heavy atom. The fourth-order valence-corrected chi connectivity index (χ4v) is 5.81. The number of morpholine rings is 1. The molecular formula is C29H28Cl2FNO6S. The van der Waals surface area contributed by atoms with Gasteiger partial charge in [-0.25, -0.2) is 17.6 Å². The lowest BCUT2D eigenvalue weighted by Gasteiger charge is -2.47. The van der Waals surface area contributed by atoms with E-state index in [4.69, 9.17) is 27.9 Å². The van der Waals surface area contributed by atoms with Crippen molar-refractivity contribution >= 4 is 44.9 Å². The number of ether oxygens (including phenoxy) is 1. The number of hydrogen-bond donors (Lipinski definition) is 1. The predicted octanol–water partition coefficient (Wildman–Crippen LogP) is 6.04. The normalized spacial score (nSPS) is 20.4. The first kappa shape index (κ1) is 30.0. The van der Waals surface area contributed by atoms with Gasteiger partial charge in [0, 0.05) is 22.7 Å². The van der Waals surface area contributed by atoms with Gasteiger partial charge in [0.2, 0.25) is 0 Å². The summed E-state index contributed by atoms with van der Waals surface area (Å²) in [7, 11) is -3.64. The van der Waals surface area contributed by atoms with Crippen LogP contribution in [0.15, 0.2) is 71.6 Å². The van der Waals surface area contributed by atoms with Crippen LogP contribution in [0.4, 0.5) is 4.39 Å². The molecule has 1 saturated heterocycles. The van der Waals surface area contributed by atoms with Gasteiger partial charge in [-0.1, -0.05) is 66.9 Å². The van der Waals surface area contributed by atoms with E-state index in [2.05, 4.69) is 0 Å². The van der Waals surface area contributed by atoms with Crippen LogP contribution in [0.3, 0.4) is 0 Å². The van der Waals surface area contributed by atoms with Gasteiger partial charge in [0.15, 0.2) is 9.84 Å². The summed E-state index contributed by atoms with van der Waals surface area (Å²) in [6.07, 6.45) is -0.670. The fraction of sp³-hybridized carbons (Fsp3) is 0.310. The van der Waals surface area contributed by atoms with Crippen molar-refractivity contribution in [2.24, 2.45) is 0 Å². The minimum atomic E-state index is -3.64. The summed E-state index contributed by atoms with van der Waals surface area (Å²) in [6.45, 7) is 1.82. The van der Waals surface area contributed by atoms with Crippen LogP contribution in [-0.4, -0.2) is 48.7 Å². The van der Waals surface area contributed by atoms with Crippen molar-refractivity contribution in [3.63, 3.8) is 0 Å². The Labute approximate surface area is 242 Å². The molecule has 0 bridgehead atoms. The molecule has 11 heteroatoms. The number of carbonyl (C=O) groups is 2. The zero-order valence-corrected chi connectivity index (χ0v) is 24.1. The molecule has 1 amide bonds. The lowest BCUT2D eigenvalue weighted by molar-refractivity contribution is -0.184. The molecule has 0 spiro atoms. The van der Waals surface area contributed by atoms with Crippen LogP contribution in [-0.2, 0) is 30.6 Å². The average Bonchev–Trinajstić information content (AvgIpc) is 2.90. The lowest BCUT2D eigenvalue weighted by atomic mass is 9.88. The molecule has 1 aliphatic heterocycles. The molecule has 1 heterocycles. The maximum atomic E-state index is 15.0. The van der Waals surface area contributed by atoms with E-state index in [-0.39, 0.29) is 23.3 Å². The smallest absolute Gasteiger partial charge is 0.326 e. The van der Waals surface area contributed by atoms with Gasteiger partial charge in [0.05, 0.1) is 10.9 Å². The van der Waals surface area contributed by atoms with E-state index in [1.54, 1.807) is 48.5 Å². The molecule has 1 N–H and O–H groups in total. The van der Waals surface area contributed by atoms with Crippen LogP contribution in [0.5, 0.6) is 0 Å². The molecule has 4 atom stereocenters. The van der Waals surface area contributed by atoms with Gasteiger partial charge in [-0.3, -0.25) is 4.79 Å². The van der Waals surface area contributed by atoms with Crippen LogP contribution in [0.2, 0.25) is 10.0 Å². The van der Waals surface area contributed by atoms with E-state index >= 15 is 4.39 Å². The highest BCUT2D eigenvalue weighted by Crippen LogP contribution is 2.44. The van der Waals surface area contributed by atoms with E-state index < -0.39 is 51.8 Å².